The number of carbonyl (C=O) groups excluding carboxylic acids is 6. The number of thiazole rings is 1. The van der Waals surface area contributed by atoms with E-state index in [0.717, 1.165) is 57.6 Å². The predicted molar refractivity (Wildman–Crippen MR) is 395 cm³/mol. The van der Waals surface area contributed by atoms with E-state index < -0.39 is 61.8 Å². The predicted octanol–water partition coefficient (Wildman–Crippen LogP) is 10.5. The molecule has 8 N–H and O–H groups in total. The van der Waals surface area contributed by atoms with Gasteiger partial charge < -0.3 is 64.5 Å². The molecule has 11 rings (SSSR count). The molecule has 0 radical (unpaired) electrons. The highest BCUT2D eigenvalue weighted by atomic mass is 32.1. The zero-order valence-electron chi connectivity index (χ0n) is 60.3. The zero-order chi connectivity index (χ0) is 75.7. The molecule has 2 aliphatic carbocycles. The molecule has 3 aromatic carbocycles. The molecule has 2 saturated carbocycles. The molecule has 6 atom stereocenters. The standard InChI is InChI=1S/C76H93N10O18PS/c1-6-75(47-86-48(2)54(40-78-86)52-22-24-61(81-67(52)70(95)96)84-32-28-50-16-12-17-53(55(50)41-84)68(92)82-71-80-56-18-9-10-19-60(56)106-71)44-74(5)42-73(3,4)43-76(45-74,46-75)102-35-33-83(30-14-36-105(98,99)100)72(97)101-34-13-15-49-21-23-58(103-66-39-51(87)38-59(104-66)69(93)94)57(37-49)79-63(89)27-29-77-62(88)20-8-7-11-31-85-64(90)25-26-65(85)91/h9-10,12-13,15-19,21-26,37,40,51,59,66,87H,6-8,11,14,20,27-36,38-39,41-47H2,1-5H3,(H,77,88)(H,79,89)(H,93,94)(H,95,96)(H,80,82,92)(H2,98,99,100)/b15-13+/t51-,59-,66+,74?,75?,76?/m0/s1. The van der Waals surface area contributed by atoms with E-state index >= 15 is 0 Å². The van der Waals surface area contributed by atoms with Gasteiger partial charge in [0.05, 0.1) is 46.6 Å². The van der Waals surface area contributed by atoms with Gasteiger partial charge in [-0.3, -0.25) is 43.4 Å². The van der Waals surface area contributed by atoms with E-state index in [9.17, 15) is 68.0 Å². The third-order valence-corrected chi connectivity index (χ3v) is 22.3. The van der Waals surface area contributed by atoms with Crippen LogP contribution in [0.4, 0.5) is 21.4 Å². The van der Waals surface area contributed by atoms with Gasteiger partial charge in [0.1, 0.15) is 18.2 Å². The normalized spacial score (nSPS) is 21.9. The molecule has 3 fully saturated rings. The van der Waals surface area contributed by atoms with Gasteiger partial charge in [-0.25, -0.2) is 24.4 Å². The maximum Gasteiger partial charge on any atom is 0.410 e. The number of para-hydroxylation sites is 1. The van der Waals surface area contributed by atoms with E-state index in [1.807, 2.05) is 59.0 Å². The fourth-order valence-electron chi connectivity index (χ4n) is 16.4. The summed E-state index contributed by atoms with van der Waals surface area (Å²) in [5.74, 6) is -3.77. The van der Waals surface area contributed by atoms with Gasteiger partial charge >= 0.3 is 25.6 Å². The van der Waals surface area contributed by atoms with Crippen LogP contribution in [0.3, 0.4) is 0 Å². The number of carboxylic acid groups (broad SMARTS) is 2. The Morgan fingerprint density at radius 2 is 1.64 bits per heavy atom. The Morgan fingerprint density at radius 3 is 2.40 bits per heavy atom. The van der Waals surface area contributed by atoms with Gasteiger partial charge in [-0.15, -0.1) is 0 Å². The van der Waals surface area contributed by atoms with Crippen LogP contribution in [0.2, 0.25) is 0 Å². The number of hydrogen-bond acceptors (Lipinski definition) is 19. The number of nitrogens with zero attached hydrogens (tertiary/aromatic N) is 7. The van der Waals surface area contributed by atoms with Gasteiger partial charge in [-0.2, -0.15) is 5.10 Å². The number of amides is 6. The summed E-state index contributed by atoms with van der Waals surface area (Å²) < 4.78 is 39.6. The quantitative estimate of drug-likeness (QED) is 0.0110. The van der Waals surface area contributed by atoms with Gasteiger partial charge in [-0.05, 0) is 153 Å². The molecule has 3 aliphatic heterocycles. The van der Waals surface area contributed by atoms with E-state index in [1.165, 1.54) is 34.5 Å². The second-order valence-electron chi connectivity index (χ2n) is 29.7. The van der Waals surface area contributed by atoms with Crippen molar-refractivity contribution in [1.29, 1.82) is 0 Å². The SMILES string of the molecule is CCC1(Cn2ncc(-c3ccc(N4CCc5cccc(C(=O)Nc6nc7ccccc7s6)c5C4)nc3C(=O)O)c2C)CC2(C)CC(C)(C)CC(OCCN(CCCP(=O)(O)O)C(=O)OC/C=C/c3ccc(O[C@H]4C[C@@H](O)C[C@@H](C(=O)O)O4)c(NC(=O)CCNC(=O)CCCCCN4C(=O)C=CC4=O)c3)(C2)C1. The summed E-state index contributed by atoms with van der Waals surface area (Å²) in [4.78, 5) is 136. The Hall–Kier alpha value is -9.22. The number of aliphatic hydroxyl groups is 1. The highest BCUT2D eigenvalue weighted by Gasteiger charge is 2.59. The first-order valence-corrected chi connectivity index (χ1v) is 38.6. The van der Waals surface area contributed by atoms with Crippen molar-refractivity contribution in [3.63, 3.8) is 0 Å². The minimum Gasteiger partial charge on any atom is -0.479 e. The number of aliphatic hydroxyl groups excluding tert-OH is 1. The molecule has 566 valence electrons. The molecule has 6 aromatic rings. The monoisotopic (exact) mass is 1500 g/mol. The van der Waals surface area contributed by atoms with Crippen molar-refractivity contribution in [3.05, 3.63) is 131 Å². The van der Waals surface area contributed by atoms with Crippen LogP contribution in [-0.4, -0.2) is 178 Å². The fourth-order valence-corrected chi connectivity index (χ4v) is 17.8. The van der Waals surface area contributed by atoms with Gasteiger partial charge in [0.25, 0.3) is 17.7 Å². The lowest BCUT2D eigenvalue weighted by molar-refractivity contribution is -0.198. The van der Waals surface area contributed by atoms with Gasteiger partial charge in [0, 0.05) is 106 Å². The third kappa shape index (κ3) is 19.7. The first kappa shape index (κ1) is 77.9. The summed E-state index contributed by atoms with van der Waals surface area (Å²) in [6.07, 6.45) is 9.15. The lowest BCUT2D eigenvalue weighted by atomic mass is 9.47. The van der Waals surface area contributed by atoms with Crippen LogP contribution in [0, 0.1) is 23.2 Å². The molecule has 5 aliphatic rings. The van der Waals surface area contributed by atoms with Gasteiger partial charge in [0.2, 0.25) is 18.1 Å². The first-order chi connectivity index (χ1) is 50.5. The maximum atomic E-state index is 14.1. The van der Waals surface area contributed by atoms with E-state index in [2.05, 4.69) is 48.6 Å². The number of aliphatic carboxylic acids is 1. The molecular weight excluding hydrogens is 1400 g/mol. The second kappa shape index (κ2) is 33.3. The number of carboxylic acids is 2. The van der Waals surface area contributed by atoms with Gasteiger partial charge in [0.15, 0.2) is 16.9 Å². The molecule has 30 heteroatoms. The lowest BCUT2D eigenvalue weighted by Gasteiger charge is -2.62. The number of carbonyl (C=O) groups is 8. The summed E-state index contributed by atoms with van der Waals surface area (Å²) in [5.41, 5.74) is 4.18. The Labute approximate surface area is 618 Å². The zero-order valence-corrected chi connectivity index (χ0v) is 62.0. The summed E-state index contributed by atoms with van der Waals surface area (Å²) >= 11 is 1.40. The number of aromatic nitrogens is 4. The van der Waals surface area contributed by atoms with Crippen LogP contribution in [0.5, 0.6) is 5.75 Å². The smallest absolute Gasteiger partial charge is 0.410 e. The average Bonchev–Trinajstić information content (AvgIpc) is 1.02. The minimum atomic E-state index is -4.44. The van der Waals surface area contributed by atoms with Crippen LogP contribution in [0.1, 0.15) is 161 Å². The number of benzene rings is 3. The van der Waals surface area contributed by atoms with Gasteiger partial charge in [-0.1, -0.05) is 81.9 Å². The summed E-state index contributed by atoms with van der Waals surface area (Å²) in [6, 6.07) is 21.7. The number of imide groups is 1. The van der Waals surface area contributed by atoms with Crippen LogP contribution in [0.15, 0.2) is 97.2 Å². The fraction of sp³-hybridized carbons (Fsp3) is 0.487. The summed E-state index contributed by atoms with van der Waals surface area (Å²) in [6.45, 7) is 12.3. The van der Waals surface area contributed by atoms with Crippen LogP contribution in [0.25, 0.3) is 27.4 Å². The molecule has 6 amide bonds. The van der Waals surface area contributed by atoms with Crippen LogP contribution < -0.4 is 25.6 Å². The molecule has 1 saturated heterocycles. The number of fused-ring (bicyclic) bond motifs is 4. The van der Waals surface area contributed by atoms with Crippen molar-refractivity contribution in [2.45, 2.75) is 168 Å². The summed E-state index contributed by atoms with van der Waals surface area (Å²) in [7, 11) is -4.44. The second-order valence-corrected chi connectivity index (χ2v) is 32.5. The van der Waals surface area contributed by atoms with E-state index in [0.29, 0.717) is 91.4 Å². The van der Waals surface area contributed by atoms with E-state index in [-0.39, 0.29) is 129 Å². The number of unbranched alkanes of at least 4 members (excludes halogenated alkanes) is 2. The van der Waals surface area contributed by atoms with E-state index in [1.54, 1.807) is 42.6 Å². The maximum absolute atomic E-state index is 14.1. The van der Waals surface area contributed by atoms with Crippen molar-refractivity contribution in [1.82, 2.24) is 34.9 Å². The number of ether oxygens (including phenoxy) is 4. The topological polar surface area (TPSA) is 381 Å². The largest absolute Gasteiger partial charge is 0.479 e. The van der Waals surface area contributed by atoms with Crippen LogP contribution >= 0.6 is 18.9 Å². The van der Waals surface area contributed by atoms with E-state index in [4.69, 9.17) is 29.0 Å². The number of nitrogens with one attached hydrogen (secondary N) is 3. The first-order valence-electron chi connectivity index (χ1n) is 36.0. The average molecular weight is 1500 g/mol. The van der Waals surface area contributed by atoms with Crippen molar-refractivity contribution < 1.29 is 87.0 Å². The Bertz CT molecular complexity index is 4360. The number of anilines is 3. The number of rotatable bonds is 32. The number of hydrogen-bond donors (Lipinski definition) is 8. The molecular formula is C76H93N10O18PS. The Morgan fingerprint density at radius 1 is 0.849 bits per heavy atom. The van der Waals surface area contributed by atoms with Crippen molar-refractivity contribution >= 4 is 99.4 Å². The molecule has 3 aromatic heterocycles. The lowest BCUT2D eigenvalue weighted by Crippen LogP contribution is -2.58. The molecule has 28 nitrogen and oxygen atoms in total. The molecule has 2 bridgehead atoms. The van der Waals surface area contributed by atoms with Crippen molar-refractivity contribution in [2.24, 2.45) is 16.2 Å². The summed E-state index contributed by atoms with van der Waals surface area (Å²) in [5, 5.41) is 44.9. The van der Waals surface area contributed by atoms with Crippen molar-refractivity contribution in [2.75, 3.05) is 67.6 Å². The minimum absolute atomic E-state index is 0.0165. The Kier molecular flexibility index (Phi) is 24.5. The number of pyridine rings is 1. The van der Waals surface area contributed by atoms with Crippen LogP contribution in [-0.2, 0) is 62.3 Å². The Balaban J connectivity index is 0.730. The number of aromatic carboxylic acids is 1. The molecule has 3 unspecified atom stereocenters. The third-order valence-electron chi connectivity index (χ3n) is 20.5. The van der Waals surface area contributed by atoms with Crippen molar-refractivity contribution in [3.8, 4) is 16.9 Å². The molecule has 106 heavy (non-hydrogen) atoms. The molecule has 0 spiro atoms. The highest BCUT2D eigenvalue weighted by molar-refractivity contribution is 7.51. The molecule has 6 heterocycles. The highest BCUT2D eigenvalue weighted by Crippen LogP contribution is 2.64.